The fourth-order valence-corrected chi connectivity index (χ4v) is 3.93. The van der Waals surface area contributed by atoms with Crippen molar-refractivity contribution in [1.29, 1.82) is 0 Å². The standard InChI is InChI=1S/C21H24N6O2/c1-24-7-6-22-19(21(24)29)26-10-8-25(9-11-26)16-4-5-17-18(12-16)23-14-27(20(17)28)13-15-2-3-15/h4-7,12,14-15H,2-3,8-11,13H2,1H3. The van der Waals surface area contributed by atoms with E-state index in [0.717, 1.165) is 43.9 Å². The Labute approximate surface area is 168 Å². The normalized spacial score (nSPS) is 17.1. The highest BCUT2D eigenvalue weighted by molar-refractivity contribution is 5.81. The molecular formula is C21H24N6O2. The van der Waals surface area contributed by atoms with Crippen LogP contribution < -0.4 is 20.9 Å². The van der Waals surface area contributed by atoms with Gasteiger partial charge in [-0.2, -0.15) is 0 Å². The first-order valence-corrected chi connectivity index (χ1v) is 10.1. The summed E-state index contributed by atoms with van der Waals surface area (Å²) in [6, 6.07) is 5.89. The van der Waals surface area contributed by atoms with Crippen molar-refractivity contribution in [2.24, 2.45) is 13.0 Å². The van der Waals surface area contributed by atoms with E-state index < -0.39 is 0 Å². The second-order valence-electron chi connectivity index (χ2n) is 7.99. The van der Waals surface area contributed by atoms with Gasteiger partial charge in [-0.05, 0) is 37.0 Å². The van der Waals surface area contributed by atoms with Gasteiger partial charge < -0.3 is 14.4 Å². The van der Waals surface area contributed by atoms with Crippen LogP contribution in [0.3, 0.4) is 0 Å². The predicted octanol–water partition coefficient (Wildman–Crippen LogP) is 1.23. The van der Waals surface area contributed by atoms with Gasteiger partial charge in [0.25, 0.3) is 11.1 Å². The fraction of sp³-hybridized carbons (Fsp3) is 0.429. The van der Waals surface area contributed by atoms with E-state index in [1.165, 1.54) is 12.8 Å². The Bertz CT molecular complexity index is 1170. The molecule has 8 heteroatoms. The van der Waals surface area contributed by atoms with Crippen LogP contribution in [0.1, 0.15) is 12.8 Å². The third-order valence-electron chi connectivity index (χ3n) is 5.90. The van der Waals surface area contributed by atoms with Gasteiger partial charge >= 0.3 is 0 Å². The number of hydrogen-bond acceptors (Lipinski definition) is 6. The van der Waals surface area contributed by atoms with Crippen LogP contribution in [0.25, 0.3) is 10.9 Å². The van der Waals surface area contributed by atoms with Crippen molar-refractivity contribution in [1.82, 2.24) is 19.1 Å². The Morgan fingerprint density at radius 2 is 1.76 bits per heavy atom. The van der Waals surface area contributed by atoms with Gasteiger partial charge in [0, 0.05) is 57.9 Å². The average molecular weight is 392 g/mol. The minimum absolute atomic E-state index is 0.0456. The highest BCUT2D eigenvalue weighted by atomic mass is 16.1. The first-order valence-electron chi connectivity index (χ1n) is 10.1. The van der Waals surface area contributed by atoms with Gasteiger partial charge in [0.05, 0.1) is 17.2 Å². The van der Waals surface area contributed by atoms with Crippen molar-refractivity contribution in [2.45, 2.75) is 19.4 Å². The molecule has 1 saturated carbocycles. The van der Waals surface area contributed by atoms with Crippen LogP contribution in [-0.4, -0.2) is 45.3 Å². The minimum Gasteiger partial charge on any atom is -0.368 e. The summed E-state index contributed by atoms with van der Waals surface area (Å²) in [6.45, 7) is 3.79. The highest BCUT2D eigenvalue weighted by Crippen LogP contribution is 2.30. The van der Waals surface area contributed by atoms with Crippen LogP contribution in [0.5, 0.6) is 0 Å². The van der Waals surface area contributed by atoms with Crippen molar-refractivity contribution < 1.29 is 0 Å². The molecule has 150 valence electrons. The van der Waals surface area contributed by atoms with Crippen LogP contribution in [0.2, 0.25) is 0 Å². The molecule has 0 N–H and O–H groups in total. The van der Waals surface area contributed by atoms with E-state index in [-0.39, 0.29) is 11.1 Å². The predicted molar refractivity (Wildman–Crippen MR) is 113 cm³/mol. The van der Waals surface area contributed by atoms with E-state index in [1.807, 2.05) is 23.1 Å². The number of hydrogen-bond donors (Lipinski definition) is 0. The summed E-state index contributed by atoms with van der Waals surface area (Å²) < 4.78 is 3.30. The van der Waals surface area contributed by atoms with Crippen molar-refractivity contribution in [3.05, 3.63) is 57.6 Å². The summed E-state index contributed by atoms with van der Waals surface area (Å²) in [5.74, 6) is 1.14. The number of nitrogens with zero attached hydrogens (tertiary/aromatic N) is 6. The quantitative estimate of drug-likeness (QED) is 0.665. The van der Waals surface area contributed by atoms with E-state index in [0.29, 0.717) is 17.1 Å². The number of rotatable bonds is 4. The zero-order chi connectivity index (χ0) is 20.0. The molecule has 2 aromatic heterocycles. The molecule has 3 heterocycles. The Kier molecular flexibility index (Phi) is 4.34. The molecule has 0 spiro atoms. The molecule has 2 fully saturated rings. The molecule has 3 aromatic rings. The van der Waals surface area contributed by atoms with Gasteiger partial charge in [-0.15, -0.1) is 0 Å². The SMILES string of the molecule is Cn1ccnc(N2CCN(c3ccc4c(=O)n(CC5CC5)cnc4c3)CC2)c1=O. The van der Waals surface area contributed by atoms with Gasteiger partial charge in [-0.1, -0.05) is 0 Å². The topological polar surface area (TPSA) is 76.3 Å². The Hall–Kier alpha value is -3.16. The summed E-state index contributed by atoms with van der Waals surface area (Å²) in [5.41, 5.74) is 1.76. The van der Waals surface area contributed by atoms with Crippen LogP contribution >= 0.6 is 0 Å². The third kappa shape index (κ3) is 3.39. The molecule has 0 unspecified atom stereocenters. The van der Waals surface area contributed by atoms with Crippen LogP contribution in [0.15, 0.2) is 46.5 Å². The third-order valence-corrected chi connectivity index (χ3v) is 5.90. The summed E-state index contributed by atoms with van der Waals surface area (Å²) in [6.07, 6.45) is 7.43. The first-order chi connectivity index (χ1) is 14.1. The zero-order valence-electron chi connectivity index (χ0n) is 16.5. The lowest BCUT2D eigenvalue weighted by Gasteiger charge is -2.36. The number of aryl methyl sites for hydroxylation is 1. The Morgan fingerprint density at radius 1 is 1.00 bits per heavy atom. The maximum Gasteiger partial charge on any atom is 0.293 e. The molecule has 29 heavy (non-hydrogen) atoms. The second kappa shape index (κ2) is 7.02. The smallest absolute Gasteiger partial charge is 0.293 e. The second-order valence-corrected chi connectivity index (χ2v) is 7.99. The monoisotopic (exact) mass is 392 g/mol. The number of benzene rings is 1. The van der Waals surface area contributed by atoms with E-state index in [9.17, 15) is 9.59 Å². The molecule has 0 amide bonds. The largest absolute Gasteiger partial charge is 0.368 e. The molecule has 0 radical (unpaired) electrons. The van der Waals surface area contributed by atoms with E-state index in [1.54, 1.807) is 34.9 Å². The Morgan fingerprint density at radius 3 is 2.52 bits per heavy atom. The van der Waals surface area contributed by atoms with Crippen molar-refractivity contribution in [3.8, 4) is 0 Å². The summed E-state index contributed by atoms with van der Waals surface area (Å²) in [5, 5.41) is 0.674. The van der Waals surface area contributed by atoms with E-state index >= 15 is 0 Å². The van der Waals surface area contributed by atoms with Crippen molar-refractivity contribution >= 4 is 22.4 Å². The molecular weight excluding hydrogens is 368 g/mol. The molecule has 8 nitrogen and oxygen atoms in total. The first kappa shape index (κ1) is 17.9. The molecule has 2 aliphatic rings. The number of anilines is 2. The average Bonchev–Trinajstić information content (AvgIpc) is 3.56. The molecule has 0 bridgehead atoms. The summed E-state index contributed by atoms with van der Waals surface area (Å²) in [7, 11) is 1.74. The van der Waals surface area contributed by atoms with Crippen molar-refractivity contribution in [3.63, 3.8) is 0 Å². The van der Waals surface area contributed by atoms with Crippen LogP contribution in [-0.2, 0) is 13.6 Å². The maximum absolute atomic E-state index is 12.7. The molecule has 5 rings (SSSR count). The molecule has 0 atom stereocenters. The maximum atomic E-state index is 12.7. The summed E-state index contributed by atoms with van der Waals surface area (Å²) in [4.78, 5) is 38.1. The molecule has 1 aliphatic heterocycles. The van der Waals surface area contributed by atoms with Gasteiger partial charge in [-0.3, -0.25) is 14.2 Å². The van der Waals surface area contributed by atoms with E-state index in [4.69, 9.17) is 0 Å². The fourth-order valence-electron chi connectivity index (χ4n) is 3.93. The van der Waals surface area contributed by atoms with Gasteiger partial charge in [0.1, 0.15) is 0 Å². The lowest BCUT2D eigenvalue weighted by atomic mass is 10.2. The molecule has 1 aliphatic carbocycles. The van der Waals surface area contributed by atoms with Crippen LogP contribution in [0.4, 0.5) is 11.5 Å². The van der Waals surface area contributed by atoms with E-state index in [2.05, 4.69) is 14.9 Å². The van der Waals surface area contributed by atoms with Crippen molar-refractivity contribution in [2.75, 3.05) is 36.0 Å². The number of fused-ring (bicyclic) bond motifs is 1. The van der Waals surface area contributed by atoms with Crippen LogP contribution in [0, 0.1) is 5.92 Å². The van der Waals surface area contributed by atoms with Gasteiger partial charge in [0.2, 0.25) is 0 Å². The van der Waals surface area contributed by atoms with Gasteiger partial charge in [-0.25, -0.2) is 9.97 Å². The molecule has 1 saturated heterocycles. The summed E-state index contributed by atoms with van der Waals surface area (Å²) >= 11 is 0. The zero-order valence-corrected chi connectivity index (χ0v) is 16.5. The van der Waals surface area contributed by atoms with Gasteiger partial charge in [0.15, 0.2) is 5.82 Å². The Balaban J connectivity index is 1.34. The molecule has 1 aromatic carbocycles. The minimum atomic E-state index is -0.0710. The number of piperazine rings is 1. The number of aromatic nitrogens is 4. The highest BCUT2D eigenvalue weighted by Gasteiger charge is 2.23. The lowest BCUT2D eigenvalue weighted by molar-refractivity contribution is 0.602. The lowest BCUT2D eigenvalue weighted by Crippen LogP contribution is -2.48.